The molecule has 1 aromatic carbocycles. The van der Waals surface area contributed by atoms with E-state index in [0.717, 1.165) is 58.0 Å². The topological polar surface area (TPSA) is 386 Å². The van der Waals surface area contributed by atoms with Crippen LogP contribution in [0.2, 0.25) is 0 Å². The number of hydrogen-bond donors (Lipinski definition) is 7. The SMILES string of the molecule is CC.CC(NC(=O)C(NC(=O)CCOCCOCCOCCOCCOCCOCCOCCOCCNC(=O)CCN1C(=O)CC(SCC(N)C(=O)O)C1=O)C(C)C)C(N)=O.Cc1c(F)cc2nc3c(c4c2c1CCC4)Cn1c-3cc2c(c1=O)COC(=O)C2O. The third-order valence-corrected chi connectivity index (χ3v) is 16.1. The molecule has 30 heteroatoms. The van der Waals surface area contributed by atoms with Crippen molar-refractivity contribution < 1.29 is 95.6 Å². The average Bonchev–Trinajstić information content (AvgIpc) is 1.71. The van der Waals surface area contributed by atoms with E-state index in [1.165, 1.54) is 13.0 Å². The summed E-state index contributed by atoms with van der Waals surface area (Å²) in [6, 6.07) is 0.358. The fourth-order valence-corrected chi connectivity index (χ4v) is 11.0. The van der Waals surface area contributed by atoms with E-state index in [1.54, 1.807) is 31.4 Å². The number of nitrogens with zero attached hydrogens (tertiary/aromatic N) is 3. The van der Waals surface area contributed by atoms with E-state index in [0.29, 0.717) is 127 Å². The van der Waals surface area contributed by atoms with Crippen LogP contribution in [0.1, 0.15) is 99.8 Å². The molecule has 5 unspecified atom stereocenters. The van der Waals surface area contributed by atoms with Crippen LogP contribution in [0.5, 0.6) is 0 Å². The zero-order valence-corrected chi connectivity index (χ0v) is 53.6. The summed E-state index contributed by atoms with van der Waals surface area (Å²) in [4.78, 5) is 114. The molecule has 0 spiro atoms. The molecular formula is C61H89FN8O20S. The molecule has 3 aliphatic heterocycles. The summed E-state index contributed by atoms with van der Waals surface area (Å²) in [6.07, 6.45) is 1.08. The highest BCUT2D eigenvalue weighted by Crippen LogP contribution is 2.42. The van der Waals surface area contributed by atoms with Crippen molar-refractivity contribution in [1.29, 1.82) is 0 Å². The first-order valence-corrected chi connectivity index (χ1v) is 31.7. The van der Waals surface area contributed by atoms with Gasteiger partial charge in [0.05, 0.1) is 140 Å². The number of pyridine rings is 2. The van der Waals surface area contributed by atoms with Crippen LogP contribution in [-0.4, -0.2) is 220 Å². The molecule has 3 aromatic rings. The van der Waals surface area contributed by atoms with E-state index >= 15 is 0 Å². The number of nitrogens with two attached hydrogens (primary N) is 2. The van der Waals surface area contributed by atoms with E-state index in [9.17, 15) is 52.6 Å². The largest absolute Gasteiger partial charge is 0.480 e. The number of hydrogen-bond acceptors (Lipinski definition) is 22. The maximum absolute atomic E-state index is 14.5. The molecule has 28 nitrogen and oxygen atoms in total. The van der Waals surface area contributed by atoms with Crippen LogP contribution in [0.15, 0.2) is 16.9 Å². The number of carbonyl (C=O) groups is 8. The molecule has 0 radical (unpaired) electrons. The Morgan fingerprint density at radius 3 is 1.86 bits per heavy atom. The van der Waals surface area contributed by atoms with Gasteiger partial charge < -0.3 is 84.8 Å². The summed E-state index contributed by atoms with van der Waals surface area (Å²) in [5, 5.41) is 27.2. The Balaban J connectivity index is 0.000000395. The van der Waals surface area contributed by atoms with Crippen LogP contribution in [0.4, 0.5) is 4.39 Å². The minimum Gasteiger partial charge on any atom is -0.480 e. The molecule has 0 saturated carbocycles. The highest BCUT2D eigenvalue weighted by molar-refractivity contribution is 8.00. The first-order valence-electron chi connectivity index (χ1n) is 30.7. The van der Waals surface area contributed by atoms with Gasteiger partial charge >= 0.3 is 11.9 Å². The van der Waals surface area contributed by atoms with Crippen molar-refractivity contribution in [3.8, 4) is 11.4 Å². The summed E-state index contributed by atoms with van der Waals surface area (Å²) in [6.45, 7) is 17.0. The zero-order chi connectivity index (χ0) is 66.6. The minimum atomic E-state index is -1.48. The third kappa shape index (κ3) is 22.6. The molecular weight excluding hydrogens is 1220 g/mol. The van der Waals surface area contributed by atoms with Gasteiger partial charge in [-0.15, -0.1) is 11.8 Å². The predicted octanol–water partition coefficient (Wildman–Crippen LogP) is 0.897. The van der Waals surface area contributed by atoms with Crippen molar-refractivity contribution in [2.45, 2.75) is 123 Å². The Morgan fingerprint density at radius 1 is 0.758 bits per heavy atom. The van der Waals surface area contributed by atoms with Crippen LogP contribution in [-0.2, 0) is 107 Å². The minimum absolute atomic E-state index is 0.00503. The molecule has 5 heterocycles. The van der Waals surface area contributed by atoms with Gasteiger partial charge in [-0.1, -0.05) is 27.7 Å². The highest BCUT2D eigenvalue weighted by atomic mass is 32.2. The quantitative estimate of drug-likeness (QED) is 0.0185. The van der Waals surface area contributed by atoms with Gasteiger partial charge in [-0.05, 0) is 61.8 Å². The highest BCUT2D eigenvalue weighted by Gasteiger charge is 2.40. The number of primary amides is 1. The number of carbonyl (C=O) groups excluding carboxylic acids is 7. The number of carboxylic acids is 1. The summed E-state index contributed by atoms with van der Waals surface area (Å²) in [5.74, 6) is -5.06. The number of likely N-dealkylation sites (tertiary alicyclic amines) is 1. The molecule has 1 saturated heterocycles. The van der Waals surface area contributed by atoms with Gasteiger partial charge in [-0.2, -0.15) is 0 Å². The lowest BCUT2D eigenvalue weighted by atomic mass is 9.85. The molecule has 2 aromatic heterocycles. The number of fused-ring (bicyclic) bond motifs is 5. The summed E-state index contributed by atoms with van der Waals surface area (Å²) < 4.78 is 64.6. The number of ether oxygens (including phenoxy) is 9. The van der Waals surface area contributed by atoms with Gasteiger partial charge in [-0.3, -0.25) is 43.3 Å². The lowest BCUT2D eigenvalue weighted by Crippen LogP contribution is -2.54. The molecule has 5 atom stereocenters. The molecule has 0 bridgehead atoms. The van der Waals surface area contributed by atoms with E-state index in [4.69, 9.17) is 64.2 Å². The Kier molecular flexibility index (Phi) is 32.3. The number of cyclic esters (lactones) is 1. The number of aliphatic carboxylic acids is 1. The van der Waals surface area contributed by atoms with Crippen LogP contribution < -0.4 is 33.0 Å². The van der Waals surface area contributed by atoms with Gasteiger partial charge in [0.1, 0.15) is 30.5 Å². The van der Waals surface area contributed by atoms with E-state index < -0.39 is 65.0 Å². The number of rotatable bonds is 39. The number of amides is 6. The summed E-state index contributed by atoms with van der Waals surface area (Å²) in [5.41, 5.74) is 16.5. The maximum atomic E-state index is 14.5. The number of halogens is 1. The predicted molar refractivity (Wildman–Crippen MR) is 329 cm³/mol. The van der Waals surface area contributed by atoms with Crippen molar-refractivity contribution in [3.05, 3.63) is 61.7 Å². The number of aliphatic hydroxyl groups is 1. The van der Waals surface area contributed by atoms with Crippen LogP contribution in [0, 0.1) is 18.7 Å². The number of carboxylic acid groups (broad SMARTS) is 1. The van der Waals surface area contributed by atoms with Crippen molar-refractivity contribution in [2.24, 2.45) is 17.4 Å². The Labute approximate surface area is 531 Å². The number of aryl methyl sites for hydroxylation is 2. The van der Waals surface area contributed by atoms with Crippen LogP contribution in [0.25, 0.3) is 22.3 Å². The van der Waals surface area contributed by atoms with Crippen molar-refractivity contribution in [1.82, 2.24) is 30.4 Å². The van der Waals surface area contributed by atoms with E-state index in [-0.39, 0.29) is 92.6 Å². The van der Waals surface area contributed by atoms with Crippen molar-refractivity contribution in [3.63, 3.8) is 0 Å². The zero-order valence-electron chi connectivity index (χ0n) is 52.7. The van der Waals surface area contributed by atoms with Gasteiger partial charge in [0, 0.05) is 60.7 Å². The van der Waals surface area contributed by atoms with Crippen LogP contribution in [0.3, 0.4) is 0 Å². The smallest absolute Gasteiger partial charge is 0.340 e. The second-order valence-corrected chi connectivity index (χ2v) is 22.8. The third-order valence-electron chi connectivity index (χ3n) is 14.8. The fraction of sp³-hybridized carbons (Fsp3) is 0.639. The Bertz CT molecular complexity index is 3030. The molecule has 9 N–H and O–H groups in total. The number of imide groups is 1. The van der Waals surface area contributed by atoms with Crippen molar-refractivity contribution >= 4 is 70.0 Å². The Morgan fingerprint density at radius 2 is 1.31 bits per heavy atom. The maximum Gasteiger partial charge on any atom is 0.340 e. The first kappa shape index (κ1) is 75.1. The van der Waals surface area contributed by atoms with Gasteiger partial charge in [-0.25, -0.2) is 14.2 Å². The van der Waals surface area contributed by atoms with Gasteiger partial charge in [0.2, 0.25) is 35.4 Å². The summed E-state index contributed by atoms with van der Waals surface area (Å²) in [7, 11) is 0. The van der Waals surface area contributed by atoms with Crippen molar-refractivity contribution in [2.75, 3.05) is 125 Å². The molecule has 506 valence electrons. The molecule has 7 rings (SSSR count). The summed E-state index contributed by atoms with van der Waals surface area (Å²) >= 11 is 1.03. The lowest BCUT2D eigenvalue weighted by molar-refractivity contribution is -0.157. The number of benzene rings is 1. The molecule has 1 aliphatic carbocycles. The van der Waals surface area contributed by atoms with E-state index in [1.807, 2.05) is 13.8 Å². The number of esters is 1. The average molecular weight is 1310 g/mol. The lowest BCUT2D eigenvalue weighted by Gasteiger charge is -2.23. The fourth-order valence-electron chi connectivity index (χ4n) is 9.90. The standard InChI is InChI=1S/C37H66N6O16S.C22H17FN2O4.C2H6/c1-26(2)33(35(48)41-27(3)34(39)47)42-31(45)5-8-52-10-12-54-14-16-56-18-20-58-22-23-59-21-19-57-17-15-55-13-11-53-9-6-40-30(44)4-7-43-32(46)24-29(36(43)49)60-25-28(38)37(50)51;1-9-10-3-2-4-11-13-7-25-17(19(13)24-16(18(10)11)6-15(9)23)5-12-14(21(25)27)8-29-22(28)20(12)26;1-2/h26-29,33H,4-25,38H2,1-3H3,(H2,39,47)(H,40,44)(H,41,48)(H,42,45)(H,50,51);5-6,20,26H,2-4,7-8H2,1H3;1-2H3. The first-order chi connectivity index (χ1) is 43.7. The van der Waals surface area contributed by atoms with Crippen LogP contribution >= 0.6 is 11.8 Å². The van der Waals surface area contributed by atoms with Gasteiger partial charge in [0.25, 0.3) is 5.56 Å². The second kappa shape index (κ2) is 39.1. The number of nitrogens with one attached hydrogen (secondary N) is 3. The number of aliphatic hydroxyl groups excluding tert-OH is 1. The molecule has 4 aliphatic rings. The number of aromatic nitrogens is 2. The Hall–Kier alpha value is -6.58. The van der Waals surface area contributed by atoms with Gasteiger partial charge in [0.15, 0.2) is 6.10 Å². The second-order valence-electron chi connectivity index (χ2n) is 21.5. The number of thioether (sulfide) groups is 1. The monoisotopic (exact) mass is 1300 g/mol. The molecule has 6 amide bonds. The normalized spacial score (nSPS) is 16.4. The molecule has 1 fully saturated rings. The molecule has 91 heavy (non-hydrogen) atoms. The van der Waals surface area contributed by atoms with E-state index in [2.05, 4.69) is 16.0 Å².